The van der Waals surface area contributed by atoms with Gasteiger partial charge in [0.2, 0.25) is 5.88 Å². The Morgan fingerprint density at radius 1 is 1.75 bits per heavy atom. The van der Waals surface area contributed by atoms with E-state index in [9.17, 15) is 5.11 Å². The molecule has 0 saturated carbocycles. The van der Waals surface area contributed by atoms with Crippen molar-refractivity contribution in [3.8, 4) is 17.7 Å². The predicted octanol–water partition coefficient (Wildman–Crippen LogP) is 1.21. The first kappa shape index (κ1) is 9.04. The van der Waals surface area contributed by atoms with Gasteiger partial charge in [0.15, 0.2) is 6.10 Å². The SMILES string of the molecule is CC#CC(O)c1cc(OC)ns1. The molecule has 3 nitrogen and oxygen atoms in total. The van der Waals surface area contributed by atoms with Gasteiger partial charge in [-0.1, -0.05) is 5.92 Å². The Morgan fingerprint density at radius 3 is 3.00 bits per heavy atom. The van der Waals surface area contributed by atoms with Crippen molar-refractivity contribution in [3.05, 3.63) is 10.9 Å². The van der Waals surface area contributed by atoms with E-state index >= 15 is 0 Å². The standard InChI is InChI=1S/C8H9NO2S/c1-3-4-6(10)7-5-8(11-2)9-12-7/h5-6,10H,1-2H3. The van der Waals surface area contributed by atoms with E-state index in [1.54, 1.807) is 13.0 Å². The van der Waals surface area contributed by atoms with Crippen LogP contribution in [0.2, 0.25) is 0 Å². The topological polar surface area (TPSA) is 42.4 Å². The van der Waals surface area contributed by atoms with Crippen LogP contribution in [-0.2, 0) is 0 Å². The Bertz CT molecular complexity index is 310. The number of nitrogens with zero attached hydrogens (tertiary/aromatic N) is 1. The van der Waals surface area contributed by atoms with Crippen molar-refractivity contribution in [1.82, 2.24) is 4.37 Å². The zero-order valence-electron chi connectivity index (χ0n) is 6.87. The Balaban J connectivity index is 2.79. The largest absolute Gasteiger partial charge is 0.480 e. The molecule has 0 radical (unpaired) electrons. The summed E-state index contributed by atoms with van der Waals surface area (Å²) in [6.45, 7) is 1.68. The van der Waals surface area contributed by atoms with Crippen molar-refractivity contribution in [2.45, 2.75) is 13.0 Å². The molecule has 4 heteroatoms. The van der Waals surface area contributed by atoms with Gasteiger partial charge in [0.25, 0.3) is 0 Å². The van der Waals surface area contributed by atoms with E-state index in [1.807, 2.05) is 0 Å². The number of aliphatic hydroxyl groups excluding tert-OH is 1. The van der Waals surface area contributed by atoms with E-state index in [0.717, 1.165) is 0 Å². The third-order valence-corrected chi connectivity index (χ3v) is 2.09. The molecule has 1 N–H and O–H groups in total. The van der Waals surface area contributed by atoms with Gasteiger partial charge in [-0.3, -0.25) is 0 Å². The van der Waals surface area contributed by atoms with Crippen LogP contribution in [0.1, 0.15) is 17.9 Å². The van der Waals surface area contributed by atoms with E-state index in [-0.39, 0.29) is 0 Å². The van der Waals surface area contributed by atoms with Gasteiger partial charge in [0.05, 0.1) is 12.0 Å². The van der Waals surface area contributed by atoms with Crippen molar-refractivity contribution >= 4 is 11.5 Å². The molecule has 0 aliphatic rings. The lowest BCUT2D eigenvalue weighted by Gasteiger charge is -1.94. The van der Waals surface area contributed by atoms with Crippen LogP contribution >= 0.6 is 11.5 Å². The quantitative estimate of drug-likeness (QED) is 0.701. The third-order valence-electron chi connectivity index (χ3n) is 1.27. The number of rotatable bonds is 2. The van der Waals surface area contributed by atoms with Crippen LogP contribution in [-0.4, -0.2) is 16.6 Å². The van der Waals surface area contributed by atoms with E-state index in [2.05, 4.69) is 16.2 Å². The number of aliphatic hydroxyl groups is 1. The first-order valence-corrected chi connectivity index (χ1v) is 4.16. The second-order valence-electron chi connectivity index (χ2n) is 2.07. The third kappa shape index (κ3) is 1.97. The summed E-state index contributed by atoms with van der Waals surface area (Å²) < 4.78 is 8.79. The second kappa shape index (κ2) is 4.10. The van der Waals surface area contributed by atoms with Crippen LogP contribution in [0.15, 0.2) is 6.07 Å². The number of hydrogen-bond donors (Lipinski definition) is 1. The van der Waals surface area contributed by atoms with Gasteiger partial charge < -0.3 is 9.84 Å². The van der Waals surface area contributed by atoms with Crippen molar-refractivity contribution in [3.63, 3.8) is 0 Å². The second-order valence-corrected chi connectivity index (χ2v) is 2.91. The van der Waals surface area contributed by atoms with E-state index < -0.39 is 6.10 Å². The Labute approximate surface area is 75.2 Å². The smallest absolute Gasteiger partial charge is 0.225 e. The van der Waals surface area contributed by atoms with Gasteiger partial charge in [0.1, 0.15) is 0 Å². The van der Waals surface area contributed by atoms with Gasteiger partial charge in [-0.25, -0.2) is 0 Å². The average molecular weight is 183 g/mol. The number of methoxy groups -OCH3 is 1. The minimum atomic E-state index is -0.739. The molecule has 1 aromatic heterocycles. The summed E-state index contributed by atoms with van der Waals surface area (Å²) in [6, 6.07) is 1.68. The maximum atomic E-state index is 9.37. The molecule has 0 amide bonds. The molecule has 1 unspecified atom stereocenters. The summed E-state index contributed by atoms with van der Waals surface area (Å²) in [5.41, 5.74) is 0. The molecule has 0 aliphatic carbocycles. The summed E-state index contributed by atoms with van der Waals surface area (Å²) >= 11 is 1.19. The summed E-state index contributed by atoms with van der Waals surface area (Å²) in [5.74, 6) is 5.77. The molecule has 1 heterocycles. The summed E-state index contributed by atoms with van der Waals surface area (Å²) in [4.78, 5) is 0.709. The monoisotopic (exact) mass is 183 g/mol. The van der Waals surface area contributed by atoms with Crippen LogP contribution in [0.5, 0.6) is 5.88 Å². The predicted molar refractivity (Wildman–Crippen MR) is 47.1 cm³/mol. The fourth-order valence-electron chi connectivity index (χ4n) is 0.705. The molecular weight excluding hydrogens is 174 g/mol. The Hall–Kier alpha value is -1.05. The fourth-order valence-corrected chi connectivity index (χ4v) is 1.34. The maximum Gasteiger partial charge on any atom is 0.225 e. The Morgan fingerprint density at radius 2 is 2.50 bits per heavy atom. The lowest BCUT2D eigenvalue weighted by atomic mass is 10.3. The van der Waals surface area contributed by atoms with Crippen LogP contribution in [0, 0.1) is 11.8 Å². The molecular formula is C8H9NO2S. The molecule has 12 heavy (non-hydrogen) atoms. The van der Waals surface area contributed by atoms with Crippen LogP contribution in [0.25, 0.3) is 0 Å². The highest BCUT2D eigenvalue weighted by molar-refractivity contribution is 7.06. The maximum absolute atomic E-state index is 9.37. The van der Waals surface area contributed by atoms with Crippen molar-refractivity contribution in [2.24, 2.45) is 0 Å². The van der Waals surface area contributed by atoms with Crippen LogP contribution in [0.4, 0.5) is 0 Å². The van der Waals surface area contributed by atoms with Crippen LogP contribution < -0.4 is 4.74 Å². The molecule has 0 fully saturated rings. The molecule has 0 saturated heterocycles. The highest BCUT2D eigenvalue weighted by Gasteiger charge is 2.08. The number of aromatic nitrogens is 1. The highest BCUT2D eigenvalue weighted by atomic mass is 32.1. The van der Waals surface area contributed by atoms with E-state index in [1.165, 1.54) is 18.6 Å². The van der Waals surface area contributed by atoms with Gasteiger partial charge in [-0.15, -0.1) is 5.92 Å². The minimum Gasteiger partial charge on any atom is -0.480 e. The van der Waals surface area contributed by atoms with E-state index in [0.29, 0.717) is 10.8 Å². The summed E-state index contributed by atoms with van der Waals surface area (Å²) in [5, 5.41) is 9.37. The zero-order valence-corrected chi connectivity index (χ0v) is 7.68. The average Bonchev–Trinajstić information content (AvgIpc) is 2.52. The minimum absolute atomic E-state index is 0.520. The molecule has 64 valence electrons. The first-order valence-electron chi connectivity index (χ1n) is 3.39. The summed E-state index contributed by atoms with van der Waals surface area (Å²) in [6.07, 6.45) is -0.739. The lowest BCUT2D eigenvalue weighted by Crippen LogP contribution is -1.88. The molecule has 1 atom stereocenters. The zero-order chi connectivity index (χ0) is 8.97. The van der Waals surface area contributed by atoms with Crippen molar-refractivity contribution in [1.29, 1.82) is 0 Å². The molecule has 0 bridgehead atoms. The molecule has 0 aromatic carbocycles. The lowest BCUT2D eigenvalue weighted by molar-refractivity contribution is 0.242. The van der Waals surface area contributed by atoms with Gasteiger partial charge in [-0.05, 0) is 18.5 Å². The molecule has 0 aliphatic heterocycles. The fraction of sp³-hybridized carbons (Fsp3) is 0.375. The highest BCUT2D eigenvalue weighted by Crippen LogP contribution is 2.22. The van der Waals surface area contributed by atoms with Crippen molar-refractivity contribution in [2.75, 3.05) is 7.11 Å². The van der Waals surface area contributed by atoms with Gasteiger partial charge in [-0.2, -0.15) is 4.37 Å². The molecule has 1 rings (SSSR count). The number of hydrogen-bond acceptors (Lipinski definition) is 4. The van der Waals surface area contributed by atoms with Gasteiger partial charge in [0, 0.05) is 6.07 Å². The molecule has 0 spiro atoms. The summed E-state index contributed by atoms with van der Waals surface area (Å²) in [7, 11) is 1.54. The Kier molecular flexibility index (Phi) is 3.09. The molecule has 1 aromatic rings. The first-order chi connectivity index (χ1) is 5.77. The van der Waals surface area contributed by atoms with Crippen molar-refractivity contribution < 1.29 is 9.84 Å². The number of ether oxygens (including phenoxy) is 1. The van der Waals surface area contributed by atoms with Gasteiger partial charge >= 0.3 is 0 Å². The van der Waals surface area contributed by atoms with Crippen LogP contribution in [0.3, 0.4) is 0 Å². The van der Waals surface area contributed by atoms with E-state index in [4.69, 9.17) is 4.74 Å². The normalized spacial score (nSPS) is 11.6.